The lowest BCUT2D eigenvalue weighted by molar-refractivity contribution is 0.492. The average molecular weight is 491 g/mol. The Balaban J connectivity index is 1.60. The maximum absolute atomic E-state index is 6.50. The average Bonchev–Trinajstić information content (AvgIpc) is 3.23. The number of anilines is 2. The van der Waals surface area contributed by atoms with E-state index in [0.717, 1.165) is 40.6 Å². The van der Waals surface area contributed by atoms with Gasteiger partial charge in [0.1, 0.15) is 12.1 Å². The number of nitrogens with zero attached hydrogens (tertiary/aromatic N) is 2. The summed E-state index contributed by atoms with van der Waals surface area (Å²) in [4.78, 5) is 10.3. The van der Waals surface area contributed by atoms with Gasteiger partial charge < -0.3 is 15.1 Å². The molecule has 0 aliphatic heterocycles. The van der Waals surface area contributed by atoms with Gasteiger partial charge in [0.15, 0.2) is 5.82 Å². The van der Waals surface area contributed by atoms with Crippen molar-refractivity contribution in [2.24, 2.45) is 0 Å². The molecule has 2 heterocycles. The van der Waals surface area contributed by atoms with Gasteiger partial charge >= 0.3 is 0 Å². The Kier molecular flexibility index (Phi) is 7.07. The third kappa shape index (κ3) is 5.49. The zero-order valence-electron chi connectivity index (χ0n) is 20.9. The molecule has 2 aromatic carbocycles. The van der Waals surface area contributed by atoms with Gasteiger partial charge in [0.25, 0.3) is 0 Å². The normalized spacial score (nSPS) is 12.2. The van der Waals surface area contributed by atoms with E-state index in [1.165, 1.54) is 16.0 Å². The maximum atomic E-state index is 6.50. The van der Waals surface area contributed by atoms with Crippen LogP contribution >= 0.6 is 11.3 Å². The summed E-state index contributed by atoms with van der Waals surface area (Å²) in [6.45, 7) is 15.2. The quantitative estimate of drug-likeness (QED) is 0.249. The molecule has 0 saturated heterocycles. The molecular weight excluding hydrogens is 456 g/mol. The van der Waals surface area contributed by atoms with Crippen molar-refractivity contribution in [1.82, 2.24) is 15.3 Å². The molecule has 0 radical (unpaired) electrons. The zero-order valence-corrected chi connectivity index (χ0v) is 22.7. The van der Waals surface area contributed by atoms with Crippen molar-refractivity contribution in [3.8, 4) is 16.2 Å². The summed E-state index contributed by atoms with van der Waals surface area (Å²) in [6.07, 6.45) is 1.62. The summed E-state index contributed by atoms with van der Waals surface area (Å²) < 4.78 is 7.54. The highest BCUT2D eigenvalue weighted by molar-refractivity contribution is 7.22. The second-order valence-corrected chi connectivity index (χ2v) is 15.8. The highest BCUT2D eigenvalue weighted by atomic mass is 32.1. The van der Waals surface area contributed by atoms with Gasteiger partial charge in [-0.3, -0.25) is 0 Å². The summed E-state index contributed by atoms with van der Waals surface area (Å²) in [7, 11) is -1.91. The predicted molar refractivity (Wildman–Crippen MR) is 148 cm³/mol. The molecule has 2 aromatic heterocycles. The molecule has 0 saturated carbocycles. The largest absolute Gasteiger partial charge is 0.543 e. The molecule has 4 rings (SSSR count). The number of rotatable bonds is 8. The van der Waals surface area contributed by atoms with Crippen molar-refractivity contribution >= 4 is 41.4 Å². The molecule has 7 heteroatoms. The van der Waals surface area contributed by atoms with Crippen LogP contribution in [-0.2, 0) is 6.54 Å². The van der Waals surface area contributed by atoms with Crippen LogP contribution in [0.4, 0.5) is 11.5 Å². The summed E-state index contributed by atoms with van der Waals surface area (Å²) in [5.74, 6) is 1.71. The number of aromatic nitrogens is 2. The van der Waals surface area contributed by atoms with E-state index in [4.69, 9.17) is 4.43 Å². The summed E-state index contributed by atoms with van der Waals surface area (Å²) >= 11 is 1.71. The molecule has 0 aliphatic carbocycles. The Morgan fingerprint density at radius 3 is 2.56 bits per heavy atom. The minimum absolute atomic E-state index is 0.145. The fourth-order valence-corrected chi connectivity index (χ4v) is 5.49. The molecule has 0 spiro atoms. The van der Waals surface area contributed by atoms with E-state index in [1.54, 1.807) is 17.7 Å². The van der Waals surface area contributed by atoms with Crippen molar-refractivity contribution in [3.05, 3.63) is 66.5 Å². The van der Waals surface area contributed by atoms with E-state index in [-0.39, 0.29) is 5.04 Å². The molecule has 0 fully saturated rings. The minimum atomic E-state index is -1.91. The van der Waals surface area contributed by atoms with Crippen LogP contribution in [-0.4, -0.2) is 24.8 Å². The third-order valence-corrected chi connectivity index (χ3v) is 11.9. The monoisotopic (exact) mass is 490 g/mol. The molecule has 0 aliphatic rings. The van der Waals surface area contributed by atoms with Gasteiger partial charge in [0, 0.05) is 23.2 Å². The van der Waals surface area contributed by atoms with Crippen LogP contribution in [0.5, 0.6) is 5.75 Å². The minimum Gasteiger partial charge on any atom is -0.543 e. The van der Waals surface area contributed by atoms with E-state index in [9.17, 15) is 0 Å². The van der Waals surface area contributed by atoms with Crippen LogP contribution in [0, 0.1) is 0 Å². The molecule has 178 valence electrons. The molecule has 0 atom stereocenters. The maximum Gasteiger partial charge on any atom is 0.250 e. The highest BCUT2D eigenvalue weighted by Crippen LogP contribution is 2.39. The van der Waals surface area contributed by atoms with Gasteiger partial charge in [-0.15, -0.1) is 11.3 Å². The Bertz CT molecular complexity index is 1280. The SMILES string of the molecule is CCNCc1cccc(-c2cc3ncnc(Nc4cccc(O[Si](C)(C)C(C)(C)C)c4)c3s2)c1. The van der Waals surface area contributed by atoms with Crippen molar-refractivity contribution in [2.45, 2.75) is 52.4 Å². The van der Waals surface area contributed by atoms with Gasteiger partial charge in [0.05, 0.1) is 10.2 Å². The van der Waals surface area contributed by atoms with Crippen molar-refractivity contribution in [3.63, 3.8) is 0 Å². The van der Waals surface area contributed by atoms with Crippen LogP contribution < -0.4 is 15.1 Å². The van der Waals surface area contributed by atoms with Crippen LogP contribution in [0.15, 0.2) is 60.9 Å². The molecule has 2 N–H and O–H groups in total. The first-order valence-electron chi connectivity index (χ1n) is 11.8. The van der Waals surface area contributed by atoms with Gasteiger partial charge in [-0.25, -0.2) is 9.97 Å². The molecule has 34 heavy (non-hydrogen) atoms. The standard InChI is InChI=1S/C27H34N4OSSi/c1-7-28-17-19-10-8-11-20(14-19)24-16-23-25(33-24)26(30-18-29-23)31-21-12-9-13-22(15-21)32-34(5,6)27(2,3)4/h8-16,18,28H,7,17H2,1-6H3,(H,29,30,31). The van der Waals surface area contributed by atoms with E-state index >= 15 is 0 Å². The van der Waals surface area contributed by atoms with Crippen LogP contribution in [0.3, 0.4) is 0 Å². The molecule has 0 amide bonds. The first-order valence-corrected chi connectivity index (χ1v) is 15.5. The van der Waals surface area contributed by atoms with Gasteiger partial charge in [-0.2, -0.15) is 0 Å². The highest BCUT2D eigenvalue weighted by Gasteiger charge is 2.39. The first-order chi connectivity index (χ1) is 16.2. The number of hydrogen-bond acceptors (Lipinski definition) is 6. The summed E-state index contributed by atoms with van der Waals surface area (Å²) in [5.41, 5.74) is 4.39. The molecule has 5 nitrogen and oxygen atoms in total. The lowest BCUT2D eigenvalue weighted by atomic mass is 10.1. The number of benzene rings is 2. The van der Waals surface area contributed by atoms with E-state index in [2.05, 4.69) is 97.8 Å². The van der Waals surface area contributed by atoms with Crippen molar-refractivity contribution < 1.29 is 4.43 Å². The van der Waals surface area contributed by atoms with E-state index in [1.807, 2.05) is 18.2 Å². The van der Waals surface area contributed by atoms with Crippen molar-refractivity contribution in [1.29, 1.82) is 0 Å². The van der Waals surface area contributed by atoms with Gasteiger partial charge in [-0.05, 0) is 60.1 Å². The Morgan fingerprint density at radius 2 is 1.79 bits per heavy atom. The second-order valence-electron chi connectivity index (χ2n) is 10.0. The molecule has 0 unspecified atom stereocenters. The summed E-state index contributed by atoms with van der Waals surface area (Å²) in [6, 6.07) is 19.0. The Labute approximate surface area is 207 Å². The lowest BCUT2D eigenvalue weighted by Crippen LogP contribution is -2.43. The number of hydrogen-bond donors (Lipinski definition) is 2. The van der Waals surface area contributed by atoms with Crippen molar-refractivity contribution in [2.75, 3.05) is 11.9 Å². The van der Waals surface area contributed by atoms with E-state index in [0.29, 0.717) is 0 Å². The molecule has 4 aromatic rings. The summed E-state index contributed by atoms with van der Waals surface area (Å²) in [5, 5.41) is 7.04. The third-order valence-electron chi connectivity index (χ3n) is 6.38. The van der Waals surface area contributed by atoms with Crippen LogP contribution in [0.1, 0.15) is 33.3 Å². The molecular formula is C27H34N4OSSi. The van der Waals surface area contributed by atoms with Crippen LogP contribution in [0.2, 0.25) is 18.1 Å². The van der Waals surface area contributed by atoms with E-state index < -0.39 is 8.32 Å². The number of fused-ring (bicyclic) bond motifs is 1. The van der Waals surface area contributed by atoms with Gasteiger partial charge in [-0.1, -0.05) is 52.0 Å². The lowest BCUT2D eigenvalue weighted by Gasteiger charge is -2.36. The number of thiophene rings is 1. The topological polar surface area (TPSA) is 59.1 Å². The predicted octanol–water partition coefficient (Wildman–Crippen LogP) is 7.60. The molecule has 0 bridgehead atoms. The Morgan fingerprint density at radius 1 is 1.00 bits per heavy atom. The second kappa shape index (κ2) is 9.86. The zero-order chi connectivity index (χ0) is 24.3. The fraction of sp³-hybridized carbons (Fsp3) is 0.333. The smallest absolute Gasteiger partial charge is 0.250 e. The first kappa shape index (κ1) is 24.4. The van der Waals surface area contributed by atoms with Crippen LogP contribution in [0.25, 0.3) is 20.7 Å². The Hall–Kier alpha value is -2.74. The van der Waals surface area contributed by atoms with Gasteiger partial charge in [0.2, 0.25) is 8.32 Å². The fourth-order valence-electron chi connectivity index (χ4n) is 3.41. The number of nitrogens with one attached hydrogen (secondary N) is 2.